The highest BCUT2D eigenvalue weighted by atomic mass is 32.2. The Morgan fingerprint density at radius 1 is 1.10 bits per heavy atom. The molecule has 30 heavy (non-hydrogen) atoms. The molecular weight excluding hydrogens is 434 g/mol. The second kappa shape index (κ2) is 10.7. The molecule has 0 atom stereocenters. The molecule has 164 valence electrons. The Kier molecular flexibility index (Phi) is 8.63. The van der Waals surface area contributed by atoms with Crippen LogP contribution in [0.3, 0.4) is 0 Å². The molecule has 0 heterocycles. The van der Waals surface area contributed by atoms with E-state index in [1.165, 1.54) is 28.6 Å². The van der Waals surface area contributed by atoms with Gasteiger partial charge in [0.1, 0.15) is 22.3 Å². The first-order valence-corrected chi connectivity index (χ1v) is 11.8. The minimum atomic E-state index is -3.81. The Hall–Kier alpha value is -2.17. The molecule has 0 fully saturated rings. The number of hydrogen-bond donors (Lipinski definition) is 1. The average molecular weight is 459 g/mol. The van der Waals surface area contributed by atoms with Crippen LogP contribution in [0.5, 0.6) is 5.75 Å². The molecule has 0 aromatic heterocycles. The molecule has 0 unspecified atom stereocenters. The highest BCUT2D eigenvalue weighted by Crippen LogP contribution is 2.30. The zero-order valence-corrected chi connectivity index (χ0v) is 18.6. The van der Waals surface area contributed by atoms with Crippen LogP contribution in [0, 0.1) is 11.6 Å². The van der Waals surface area contributed by atoms with Crippen LogP contribution in [-0.2, 0) is 14.8 Å². The Bertz CT molecular complexity index is 996. The molecular formula is C20H24F2N2O4S2. The molecule has 1 N–H and O–H groups in total. The lowest BCUT2D eigenvalue weighted by Gasteiger charge is -2.21. The van der Waals surface area contributed by atoms with E-state index in [2.05, 4.69) is 5.32 Å². The lowest BCUT2D eigenvalue weighted by molar-refractivity contribution is -0.113. The van der Waals surface area contributed by atoms with Gasteiger partial charge in [-0.1, -0.05) is 13.8 Å². The molecule has 0 spiro atoms. The number of rotatable bonds is 10. The van der Waals surface area contributed by atoms with E-state index < -0.39 is 27.6 Å². The van der Waals surface area contributed by atoms with E-state index in [0.717, 1.165) is 23.9 Å². The number of amides is 1. The molecule has 2 aromatic carbocycles. The predicted octanol–water partition coefficient (Wildman–Crippen LogP) is 4.12. The summed E-state index contributed by atoms with van der Waals surface area (Å²) in [4.78, 5) is 12.4. The van der Waals surface area contributed by atoms with E-state index in [1.807, 2.05) is 0 Å². The van der Waals surface area contributed by atoms with Crippen LogP contribution in [0.15, 0.2) is 46.2 Å². The maximum Gasteiger partial charge on any atom is 0.246 e. The first kappa shape index (κ1) is 24.1. The molecule has 1 amide bonds. The SMILES string of the molecule is CCOc1ccc(NC(=O)CSc2ccc(F)cc2F)cc1S(=O)(=O)N(CC)CC. The maximum absolute atomic E-state index is 13.7. The van der Waals surface area contributed by atoms with E-state index in [4.69, 9.17) is 4.74 Å². The van der Waals surface area contributed by atoms with Crippen molar-refractivity contribution in [1.29, 1.82) is 0 Å². The van der Waals surface area contributed by atoms with Crippen molar-refractivity contribution in [2.75, 3.05) is 30.8 Å². The summed E-state index contributed by atoms with van der Waals surface area (Å²) < 4.78 is 59.3. The van der Waals surface area contributed by atoms with Crippen LogP contribution in [0.4, 0.5) is 14.5 Å². The Morgan fingerprint density at radius 2 is 1.80 bits per heavy atom. The fourth-order valence-electron chi connectivity index (χ4n) is 2.70. The summed E-state index contributed by atoms with van der Waals surface area (Å²) >= 11 is 0.911. The van der Waals surface area contributed by atoms with Crippen molar-refractivity contribution in [3.8, 4) is 5.75 Å². The van der Waals surface area contributed by atoms with Crippen LogP contribution in [0.2, 0.25) is 0 Å². The van der Waals surface area contributed by atoms with Gasteiger partial charge in [0, 0.05) is 29.7 Å². The van der Waals surface area contributed by atoms with Gasteiger partial charge in [-0.15, -0.1) is 11.8 Å². The van der Waals surface area contributed by atoms with Crippen molar-refractivity contribution >= 4 is 33.4 Å². The number of halogens is 2. The molecule has 0 saturated heterocycles. The summed E-state index contributed by atoms with van der Waals surface area (Å²) in [5, 5.41) is 2.60. The highest BCUT2D eigenvalue weighted by molar-refractivity contribution is 8.00. The molecule has 0 aliphatic carbocycles. The van der Waals surface area contributed by atoms with Gasteiger partial charge >= 0.3 is 0 Å². The monoisotopic (exact) mass is 458 g/mol. The summed E-state index contributed by atoms with van der Waals surface area (Å²) in [5.41, 5.74) is 0.273. The lowest BCUT2D eigenvalue weighted by Crippen LogP contribution is -2.31. The average Bonchev–Trinajstić information content (AvgIpc) is 2.69. The van der Waals surface area contributed by atoms with Crippen molar-refractivity contribution in [2.24, 2.45) is 0 Å². The molecule has 0 bridgehead atoms. The first-order chi connectivity index (χ1) is 14.2. The third-order valence-corrected chi connectivity index (χ3v) is 7.22. The number of nitrogens with one attached hydrogen (secondary N) is 1. The number of thioether (sulfide) groups is 1. The minimum absolute atomic E-state index is 0.0388. The fourth-order valence-corrected chi connectivity index (χ4v) is 5.03. The van der Waals surface area contributed by atoms with E-state index in [-0.39, 0.29) is 33.6 Å². The summed E-state index contributed by atoms with van der Waals surface area (Å²) in [6, 6.07) is 7.49. The third kappa shape index (κ3) is 5.93. The van der Waals surface area contributed by atoms with Gasteiger partial charge in [0.15, 0.2) is 0 Å². The summed E-state index contributed by atoms with van der Waals surface area (Å²) in [5.74, 6) is -1.84. The van der Waals surface area contributed by atoms with E-state index >= 15 is 0 Å². The van der Waals surface area contributed by atoms with Crippen molar-refractivity contribution < 1.29 is 26.7 Å². The molecule has 0 radical (unpaired) electrons. The van der Waals surface area contributed by atoms with Gasteiger partial charge in [-0.05, 0) is 37.3 Å². The number of nitrogens with zero attached hydrogens (tertiary/aromatic N) is 1. The van der Waals surface area contributed by atoms with Crippen LogP contribution >= 0.6 is 11.8 Å². The van der Waals surface area contributed by atoms with Crippen molar-refractivity contribution in [3.05, 3.63) is 48.0 Å². The zero-order valence-electron chi connectivity index (χ0n) is 16.9. The van der Waals surface area contributed by atoms with E-state index in [9.17, 15) is 22.0 Å². The molecule has 0 aliphatic heterocycles. The summed E-state index contributed by atoms with van der Waals surface area (Å²) in [6.45, 7) is 6.08. The lowest BCUT2D eigenvalue weighted by atomic mass is 10.3. The molecule has 6 nitrogen and oxygen atoms in total. The first-order valence-electron chi connectivity index (χ1n) is 9.37. The number of sulfonamides is 1. The van der Waals surface area contributed by atoms with Gasteiger partial charge in [-0.25, -0.2) is 17.2 Å². The number of anilines is 1. The van der Waals surface area contributed by atoms with E-state index in [1.54, 1.807) is 20.8 Å². The van der Waals surface area contributed by atoms with Crippen molar-refractivity contribution in [1.82, 2.24) is 4.31 Å². The molecule has 2 aromatic rings. The van der Waals surface area contributed by atoms with Gasteiger partial charge < -0.3 is 10.1 Å². The second-order valence-electron chi connectivity index (χ2n) is 6.10. The normalized spacial score (nSPS) is 11.5. The Balaban J connectivity index is 2.20. The van der Waals surface area contributed by atoms with Gasteiger partial charge in [0.2, 0.25) is 15.9 Å². The number of benzene rings is 2. The molecule has 10 heteroatoms. The quantitative estimate of drug-likeness (QED) is 0.542. The fraction of sp³-hybridized carbons (Fsp3) is 0.350. The van der Waals surface area contributed by atoms with Crippen LogP contribution in [0.25, 0.3) is 0 Å². The second-order valence-corrected chi connectivity index (χ2v) is 9.02. The zero-order chi connectivity index (χ0) is 22.3. The predicted molar refractivity (Wildman–Crippen MR) is 113 cm³/mol. The van der Waals surface area contributed by atoms with Crippen molar-refractivity contribution in [2.45, 2.75) is 30.6 Å². The molecule has 0 saturated carbocycles. The number of carbonyl (C=O) groups excluding carboxylic acids is 1. The number of carbonyl (C=O) groups is 1. The van der Waals surface area contributed by atoms with Crippen molar-refractivity contribution in [3.63, 3.8) is 0 Å². The Morgan fingerprint density at radius 3 is 2.40 bits per heavy atom. The van der Waals surface area contributed by atoms with Gasteiger partial charge in [-0.3, -0.25) is 4.79 Å². The van der Waals surface area contributed by atoms with Crippen LogP contribution in [-0.4, -0.2) is 44.1 Å². The van der Waals surface area contributed by atoms with Crippen LogP contribution in [0.1, 0.15) is 20.8 Å². The summed E-state index contributed by atoms with van der Waals surface area (Å²) in [7, 11) is -3.81. The Labute approximate surface area is 179 Å². The molecule has 2 rings (SSSR count). The van der Waals surface area contributed by atoms with Gasteiger partial charge in [-0.2, -0.15) is 4.31 Å². The smallest absolute Gasteiger partial charge is 0.246 e. The topological polar surface area (TPSA) is 75.7 Å². The van der Waals surface area contributed by atoms with E-state index in [0.29, 0.717) is 13.1 Å². The number of ether oxygens (including phenoxy) is 1. The molecule has 0 aliphatic rings. The number of hydrogen-bond acceptors (Lipinski definition) is 5. The minimum Gasteiger partial charge on any atom is -0.492 e. The van der Waals surface area contributed by atoms with Gasteiger partial charge in [0.05, 0.1) is 12.4 Å². The van der Waals surface area contributed by atoms with Gasteiger partial charge in [0.25, 0.3) is 0 Å². The third-order valence-electron chi connectivity index (χ3n) is 4.10. The largest absolute Gasteiger partial charge is 0.492 e. The maximum atomic E-state index is 13.7. The summed E-state index contributed by atoms with van der Waals surface area (Å²) in [6.07, 6.45) is 0. The highest BCUT2D eigenvalue weighted by Gasteiger charge is 2.26. The standard InChI is InChI=1S/C20H24F2N2O4S2/c1-4-24(5-2)30(26,27)19-12-15(8-9-17(19)28-6-3)23-20(25)13-29-18-10-7-14(21)11-16(18)22/h7-12H,4-6,13H2,1-3H3,(H,23,25). The van der Waals surface area contributed by atoms with Crippen LogP contribution < -0.4 is 10.1 Å².